The third-order valence-corrected chi connectivity index (χ3v) is 14.8. The molecule has 0 bridgehead atoms. The molecule has 2 aliphatic rings. The molecule has 0 aromatic carbocycles. The number of aliphatic hydroxyl groups is 1. The molecule has 10 unspecified atom stereocenters. The fourth-order valence-electron chi connectivity index (χ4n) is 5.90. The Bertz CT molecular complexity index is 999. The van der Waals surface area contributed by atoms with E-state index in [-0.39, 0.29) is 41.8 Å². The van der Waals surface area contributed by atoms with Gasteiger partial charge in [-0.3, -0.25) is 4.79 Å². The molecule has 7 nitrogen and oxygen atoms in total. The highest BCUT2D eigenvalue weighted by molar-refractivity contribution is 6.74. The molecule has 0 amide bonds. The maximum atomic E-state index is 12.8. The summed E-state index contributed by atoms with van der Waals surface area (Å²) in [6.45, 7) is 24.2. The lowest BCUT2D eigenvalue weighted by atomic mass is 9.88. The highest BCUT2D eigenvalue weighted by Crippen LogP contribution is 2.42. The fraction of sp³-hybridized carbons (Fsp3) is 0.806. The zero-order valence-electron chi connectivity index (χ0n) is 30.0. The summed E-state index contributed by atoms with van der Waals surface area (Å²) in [7, 11) is 1.47. The van der Waals surface area contributed by atoms with E-state index >= 15 is 0 Å². The summed E-state index contributed by atoms with van der Waals surface area (Å²) < 4.78 is 30.5. The number of methoxy groups -OCH3 is 2. The number of esters is 1. The molecule has 0 spiro atoms. The minimum atomic E-state index is -1.84. The molecule has 10 atom stereocenters. The Labute approximate surface area is 269 Å². The van der Waals surface area contributed by atoms with Crippen LogP contribution in [0.3, 0.4) is 0 Å². The minimum absolute atomic E-state index is 0.0503. The summed E-state index contributed by atoms with van der Waals surface area (Å²) in [5.74, 6) is 0.201. The second kappa shape index (κ2) is 16.5. The number of carbonyl (C=O) groups is 1. The van der Waals surface area contributed by atoms with Crippen LogP contribution in [0.2, 0.25) is 18.1 Å². The normalized spacial score (nSPS) is 34.0. The van der Waals surface area contributed by atoms with Crippen LogP contribution in [0, 0.1) is 17.8 Å². The van der Waals surface area contributed by atoms with Crippen molar-refractivity contribution in [2.75, 3.05) is 14.2 Å². The average molecular weight is 637 g/mol. The predicted octanol–water partition coefficient (Wildman–Crippen LogP) is 7.79. The van der Waals surface area contributed by atoms with Gasteiger partial charge in [0.15, 0.2) is 8.32 Å². The van der Waals surface area contributed by atoms with Gasteiger partial charge >= 0.3 is 5.97 Å². The Balaban J connectivity index is 2.07. The highest BCUT2D eigenvalue weighted by atomic mass is 28.4. The van der Waals surface area contributed by atoms with Gasteiger partial charge < -0.3 is 28.5 Å². The van der Waals surface area contributed by atoms with E-state index in [2.05, 4.69) is 66.8 Å². The standard InChI is InChI=1S/C36H64O7Si/c1-14-29(43-44(12,13)35(6,7)8)27(5)34-30(41-34)22-24(2)16-15-17-25(3)33-26(4)18-19-31(39-10)36(9,40-11)21-20-28(37)23-32(38)42-33/h15-19,24,26-31,33-34,37H,14,20-23H2,1-13H3/b16-15+,19-18+,25-17+. The van der Waals surface area contributed by atoms with Gasteiger partial charge in [0.25, 0.3) is 0 Å². The zero-order valence-corrected chi connectivity index (χ0v) is 31.0. The van der Waals surface area contributed by atoms with Gasteiger partial charge in [-0.05, 0) is 69.2 Å². The Morgan fingerprint density at radius 1 is 1.23 bits per heavy atom. The summed E-state index contributed by atoms with van der Waals surface area (Å²) in [5, 5.41) is 10.7. The monoisotopic (exact) mass is 636 g/mol. The third kappa shape index (κ3) is 10.9. The zero-order chi connectivity index (χ0) is 33.5. The van der Waals surface area contributed by atoms with E-state index < -0.39 is 32.1 Å². The van der Waals surface area contributed by atoms with Gasteiger partial charge in [0.05, 0.1) is 30.3 Å². The van der Waals surface area contributed by atoms with Crippen molar-refractivity contribution in [3.8, 4) is 0 Å². The van der Waals surface area contributed by atoms with E-state index in [1.807, 2.05) is 39.0 Å². The van der Waals surface area contributed by atoms with Crippen molar-refractivity contribution >= 4 is 14.3 Å². The average Bonchev–Trinajstić information content (AvgIpc) is 3.70. The number of rotatable bonds is 12. The number of ether oxygens (including phenoxy) is 4. The first-order valence-corrected chi connectivity index (χ1v) is 19.6. The quantitative estimate of drug-likeness (QED) is 0.0769. The van der Waals surface area contributed by atoms with Crippen molar-refractivity contribution in [2.24, 2.45) is 17.8 Å². The number of hydrogen-bond acceptors (Lipinski definition) is 7. The van der Waals surface area contributed by atoms with Crippen molar-refractivity contribution in [3.05, 3.63) is 36.0 Å². The molecule has 0 aliphatic carbocycles. The lowest BCUT2D eigenvalue weighted by Crippen LogP contribution is -2.46. The van der Waals surface area contributed by atoms with Gasteiger partial charge in [0, 0.05) is 32.2 Å². The van der Waals surface area contributed by atoms with Crippen molar-refractivity contribution < 1.29 is 33.3 Å². The van der Waals surface area contributed by atoms with Gasteiger partial charge in [-0.25, -0.2) is 0 Å². The number of carbonyl (C=O) groups excluding carboxylic acids is 1. The van der Waals surface area contributed by atoms with Crippen molar-refractivity contribution in [1.82, 2.24) is 0 Å². The second-order valence-corrected chi connectivity index (χ2v) is 19.8. The predicted molar refractivity (Wildman–Crippen MR) is 181 cm³/mol. The van der Waals surface area contributed by atoms with Crippen LogP contribution in [-0.4, -0.2) is 75.8 Å². The van der Waals surface area contributed by atoms with E-state index in [1.54, 1.807) is 14.2 Å². The van der Waals surface area contributed by atoms with Crippen LogP contribution in [0.15, 0.2) is 36.0 Å². The first-order valence-electron chi connectivity index (χ1n) is 16.7. The Kier molecular flexibility index (Phi) is 14.6. The number of aliphatic hydroxyl groups excluding tert-OH is 1. The van der Waals surface area contributed by atoms with Crippen LogP contribution in [-0.2, 0) is 28.2 Å². The molecular weight excluding hydrogens is 572 g/mol. The van der Waals surface area contributed by atoms with Gasteiger partial charge in [0.1, 0.15) is 12.2 Å². The molecule has 254 valence electrons. The molecule has 1 fully saturated rings. The molecule has 2 rings (SSSR count). The molecule has 0 radical (unpaired) electrons. The molecule has 0 aromatic heterocycles. The molecule has 2 heterocycles. The summed E-state index contributed by atoms with van der Waals surface area (Å²) in [6, 6.07) is 0. The van der Waals surface area contributed by atoms with Gasteiger partial charge in [-0.1, -0.05) is 78.8 Å². The molecule has 8 heteroatoms. The lowest BCUT2D eigenvalue weighted by Gasteiger charge is -2.40. The smallest absolute Gasteiger partial charge is 0.309 e. The Morgan fingerprint density at radius 3 is 2.45 bits per heavy atom. The molecule has 2 aliphatic heterocycles. The van der Waals surface area contributed by atoms with E-state index in [9.17, 15) is 9.90 Å². The molecular formula is C36H64O7Si. The molecule has 0 saturated carbocycles. The number of hydrogen-bond donors (Lipinski definition) is 1. The van der Waals surface area contributed by atoms with E-state index in [0.717, 1.165) is 18.4 Å². The summed E-state index contributed by atoms with van der Waals surface area (Å²) >= 11 is 0. The van der Waals surface area contributed by atoms with Crippen LogP contribution < -0.4 is 0 Å². The van der Waals surface area contributed by atoms with Gasteiger partial charge in [-0.2, -0.15) is 0 Å². The van der Waals surface area contributed by atoms with Crippen LogP contribution in [0.25, 0.3) is 0 Å². The summed E-state index contributed by atoms with van der Waals surface area (Å²) in [6.07, 6.45) is 12.3. The van der Waals surface area contributed by atoms with Crippen LogP contribution in [0.1, 0.15) is 94.4 Å². The minimum Gasteiger partial charge on any atom is -0.457 e. The van der Waals surface area contributed by atoms with Crippen molar-refractivity contribution in [1.29, 1.82) is 0 Å². The molecule has 0 aromatic rings. The van der Waals surface area contributed by atoms with Crippen LogP contribution in [0.4, 0.5) is 0 Å². The topological polar surface area (TPSA) is 86.8 Å². The Morgan fingerprint density at radius 2 is 1.89 bits per heavy atom. The van der Waals surface area contributed by atoms with Gasteiger partial charge in [-0.15, -0.1) is 0 Å². The highest BCUT2D eigenvalue weighted by Gasteiger charge is 2.48. The largest absolute Gasteiger partial charge is 0.457 e. The number of epoxide rings is 1. The van der Waals surface area contributed by atoms with Crippen LogP contribution in [0.5, 0.6) is 0 Å². The first-order chi connectivity index (χ1) is 20.4. The molecule has 1 N–H and O–H groups in total. The van der Waals surface area contributed by atoms with Crippen molar-refractivity contribution in [3.63, 3.8) is 0 Å². The van der Waals surface area contributed by atoms with Gasteiger partial charge in [0.2, 0.25) is 0 Å². The summed E-state index contributed by atoms with van der Waals surface area (Å²) in [5.41, 5.74) is 0.322. The summed E-state index contributed by atoms with van der Waals surface area (Å²) in [4.78, 5) is 12.8. The fourth-order valence-corrected chi connectivity index (χ4v) is 7.39. The lowest BCUT2D eigenvalue weighted by molar-refractivity contribution is -0.151. The maximum Gasteiger partial charge on any atom is 0.309 e. The SMILES string of the molecule is CCC(O[Si](C)(C)C(C)(C)C)C(C)C1OC1CC(C)/C=C/C=C(\C)C1OC(=O)CC(O)CCC(C)(OC)C(OC)/C=C/C1C. The first kappa shape index (κ1) is 38.9. The van der Waals surface area contributed by atoms with Crippen LogP contribution >= 0.6 is 0 Å². The van der Waals surface area contributed by atoms with Crippen molar-refractivity contribution in [2.45, 2.75) is 155 Å². The van der Waals surface area contributed by atoms with E-state index in [0.29, 0.717) is 24.7 Å². The van der Waals surface area contributed by atoms with E-state index in [4.69, 9.17) is 23.4 Å². The molecule has 1 saturated heterocycles. The maximum absolute atomic E-state index is 12.8. The van der Waals surface area contributed by atoms with E-state index in [1.165, 1.54) is 0 Å². The second-order valence-electron chi connectivity index (χ2n) is 15.1. The number of cyclic esters (lactones) is 1. The Hall–Kier alpha value is -1.29. The third-order valence-electron chi connectivity index (χ3n) is 10.3. The number of allylic oxidation sites excluding steroid dienone is 3. The molecule has 44 heavy (non-hydrogen) atoms.